The van der Waals surface area contributed by atoms with Gasteiger partial charge in [0, 0.05) is 26.2 Å². The molecule has 3 aromatic rings. The van der Waals surface area contributed by atoms with Crippen LogP contribution < -0.4 is 4.90 Å². The minimum atomic E-state index is -0.195. The van der Waals surface area contributed by atoms with Gasteiger partial charge in [0.2, 0.25) is 11.9 Å². The van der Waals surface area contributed by atoms with Gasteiger partial charge in [-0.05, 0) is 18.6 Å². The number of hydrogen-bond acceptors (Lipinski definition) is 7. The van der Waals surface area contributed by atoms with Gasteiger partial charge in [-0.3, -0.25) is 4.79 Å². The van der Waals surface area contributed by atoms with E-state index in [-0.39, 0.29) is 11.2 Å². The van der Waals surface area contributed by atoms with Crippen LogP contribution in [0.3, 0.4) is 0 Å². The first-order valence-electron chi connectivity index (χ1n) is 8.66. The number of nitrogens with zero attached hydrogens (tertiary/aromatic N) is 5. The average Bonchev–Trinajstić information content (AvgIpc) is 3.35. The number of oxazole rings is 1. The number of piperazine rings is 1. The fourth-order valence-electron chi connectivity index (χ4n) is 3.03. The Balaban J connectivity index is 1.39. The second-order valence-corrected chi connectivity index (χ2v) is 7.24. The van der Waals surface area contributed by atoms with Gasteiger partial charge in [0.1, 0.15) is 11.8 Å². The maximum absolute atomic E-state index is 12.9. The molecule has 0 radical (unpaired) electrons. The van der Waals surface area contributed by atoms with Crippen LogP contribution in [0.4, 0.5) is 5.95 Å². The van der Waals surface area contributed by atoms with Gasteiger partial charge in [0.05, 0.1) is 5.25 Å². The molecule has 1 atom stereocenters. The molecular formula is C17H20N6O2S. The molecule has 1 amide bonds. The van der Waals surface area contributed by atoms with Crippen LogP contribution in [0, 0.1) is 0 Å². The number of amides is 1. The summed E-state index contributed by atoms with van der Waals surface area (Å²) in [6.45, 7) is 4.84. The quantitative estimate of drug-likeness (QED) is 0.686. The van der Waals surface area contributed by atoms with E-state index in [4.69, 9.17) is 4.42 Å². The van der Waals surface area contributed by atoms with Gasteiger partial charge in [-0.2, -0.15) is 10.1 Å². The Morgan fingerprint density at radius 1 is 1.31 bits per heavy atom. The van der Waals surface area contributed by atoms with Gasteiger partial charge in [0.25, 0.3) is 5.22 Å². The fourth-order valence-corrected chi connectivity index (χ4v) is 3.97. The van der Waals surface area contributed by atoms with E-state index in [0.29, 0.717) is 18.3 Å². The number of para-hydroxylation sites is 2. The summed E-state index contributed by atoms with van der Waals surface area (Å²) >= 11 is 1.40. The van der Waals surface area contributed by atoms with Crippen LogP contribution in [0.2, 0.25) is 0 Å². The Bertz CT molecular complexity index is 839. The number of thioether (sulfide) groups is 1. The van der Waals surface area contributed by atoms with Crippen molar-refractivity contribution in [2.45, 2.75) is 23.8 Å². The van der Waals surface area contributed by atoms with E-state index in [1.807, 2.05) is 36.1 Å². The average molecular weight is 372 g/mol. The molecule has 0 aliphatic carbocycles. The van der Waals surface area contributed by atoms with Crippen LogP contribution in [-0.2, 0) is 4.79 Å². The Labute approximate surface area is 155 Å². The van der Waals surface area contributed by atoms with Gasteiger partial charge < -0.3 is 14.2 Å². The number of hydrogen-bond donors (Lipinski definition) is 1. The maximum Gasteiger partial charge on any atom is 0.257 e. The van der Waals surface area contributed by atoms with E-state index in [1.165, 1.54) is 18.1 Å². The number of benzene rings is 1. The molecule has 1 saturated heterocycles. The summed E-state index contributed by atoms with van der Waals surface area (Å²) < 4.78 is 5.76. The molecule has 1 aliphatic heterocycles. The van der Waals surface area contributed by atoms with E-state index in [9.17, 15) is 4.79 Å². The molecular weight excluding hydrogens is 352 g/mol. The van der Waals surface area contributed by atoms with Crippen LogP contribution in [-0.4, -0.2) is 62.4 Å². The molecule has 2 aromatic heterocycles. The van der Waals surface area contributed by atoms with E-state index < -0.39 is 0 Å². The Kier molecular flexibility index (Phi) is 4.79. The predicted octanol–water partition coefficient (Wildman–Crippen LogP) is 2.17. The van der Waals surface area contributed by atoms with Gasteiger partial charge in [0.15, 0.2) is 5.58 Å². The summed E-state index contributed by atoms with van der Waals surface area (Å²) in [5.41, 5.74) is 1.57. The van der Waals surface area contributed by atoms with Crippen molar-refractivity contribution in [3.63, 3.8) is 0 Å². The number of fused-ring (bicyclic) bond motifs is 1. The first-order chi connectivity index (χ1) is 12.7. The van der Waals surface area contributed by atoms with Crippen molar-refractivity contribution in [2.24, 2.45) is 0 Å². The number of nitrogens with one attached hydrogen (secondary N) is 1. The first kappa shape index (κ1) is 16.9. The predicted molar refractivity (Wildman–Crippen MR) is 99.1 cm³/mol. The highest BCUT2D eigenvalue weighted by Gasteiger charge is 2.29. The van der Waals surface area contributed by atoms with E-state index in [1.54, 1.807) is 0 Å². The molecule has 9 heteroatoms. The molecule has 0 bridgehead atoms. The maximum atomic E-state index is 12.9. The second-order valence-electron chi connectivity index (χ2n) is 6.08. The molecule has 0 spiro atoms. The minimum Gasteiger partial charge on any atom is -0.431 e. The molecule has 0 saturated carbocycles. The molecule has 136 valence electrons. The van der Waals surface area contributed by atoms with E-state index >= 15 is 0 Å². The van der Waals surface area contributed by atoms with Crippen LogP contribution in [0.15, 0.2) is 40.2 Å². The summed E-state index contributed by atoms with van der Waals surface area (Å²) in [6.07, 6.45) is 2.22. The third-order valence-electron chi connectivity index (χ3n) is 4.46. The van der Waals surface area contributed by atoms with Gasteiger partial charge in [-0.15, -0.1) is 0 Å². The van der Waals surface area contributed by atoms with Crippen molar-refractivity contribution in [3.05, 3.63) is 30.6 Å². The second kappa shape index (κ2) is 7.36. The first-order valence-corrected chi connectivity index (χ1v) is 9.54. The summed E-state index contributed by atoms with van der Waals surface area (Å²) in [5, 5.41) is 7.10. The zero-order valence-corrected chi connectivity index (χ0v) is 15.3. The van der Waals surface area contributed by atoms with Crippen LogP contribution in [0.5, 0.6) is 0 Å². The lowest BCUT2D eigenvalue weighted by Crippen LogP contribution is -2.51. The molecule has 3 heterocycles. The zero-order chi connectivity index (χ0) is 17.9. The number of carbonyl (C=O) groups excluding carboxylic acids is 1. The Hall–Kier alpha value is -2.55. The Morgan fingerprint density at radius 2 is 2.12 bits per heavy atom. The normalized spacial score (nSPS) is 16.2. The number of aromatic nitrogens is 4. The summed E-state index contributed by atoms with van der Waals surface area (Å²) in [5.74, 6) is 0.891. The highest BCUT2D eigenvalue weighted by molar-refractivity contribution is 8.00. The zero-order valence-electron chi connectivity index (χ0n) is 14.5. The number of anilines is 1. The lowest BCUT2D eigenvalue weighted by molar-refractivity contribution is -0.130. The van der Waals surface area contributed by atoms with Crippen molar-refractivity contribution in [2.75, 3.05) is 31.1 Å². The van der Waals surface area contributed by atoms with Crippen LogP contribution >= 0.6 is 11.8 Å². The SMILES string of the molecule is CCC(Sc1nc2ccccc2o1)C(=O)N1CCN(c2ncn[nH]2)CC1. The highest BCUT2D eigenvalue weighted by Crippen LogP contribution is 2.29. The van der Waals surface area contributed by atoms with Crippen molar-refractivity contribution in [3.8, 4) is 0 Å². The van der Waals surface area contributed by atoms with Crippen molar-refractivity contribution >= 4 is 34.7 Å². The Morgan fingerprint density at radius 3 is 2.81 bits per heavy atom. The number of rotatable bonds is 5. The van der Waals surface area contributed by atoms with Gasteiger partial charge >= 0.3 is 0 Å². The molecule has 8 nitrogen and oxygen atoms in total. The topological polar surface area (TPSA) is 91.2 Å². The van der Waals surface area contributed by atoms with E-state index in [2.05, 4.69) is 25.1 Å². The van der Waals surface area contributed by atoms with Gasteiger partial charge in [-0.25, -0.2) is 10.1 Å². The lowest BCUT2D eigenvalue weighted by Gasteiger charge is -2.35. The number of carbonyl (C=O) groups is 1. The molecule has 1 N–H and O–H groups in total. The molecule has 1 fully saturated rings. The summed E-state index contributed by atoms with van der Waals surface area (Å²) in [6, 6.07) is 7.64. The molecule has 26 heavy (non-hydrogen) atoms. The largest absolute Gasteiger partial charge is 0.431 e. The monoisotopic (exact) mass is 372 g/mol. The lowest BCUT2D eigenvalue weighted by atomic mass is 10.2. The van der Waals surface area contributed by atoms with Crippen LogP contribution in [0.1, 0.15) is 13.3 Å². The summed E-state index contributed by atoms with van der Waals surface area (Å²) in [4.78, 5) is 25.6. The highest BCUT2D eigenvalue weighted by atomic mass is 32.2. The minimum absolute atomic E-state index is 0.136. The molecule has 1 aromatic carbocycles. The molecule has 1 unspecified atom stereocenters. The standard InChI is InChI=1S/C17H20N6O2S/c1-2-14(26-17-20-12-5-3-4-6-13(12)25-17)15(24)22-7-9-23(10-8-22)16-18-11-19-21-16/h3-6,11,14H,2,7-10H2,1H3,(H,18,19,21). The molecule has 4 rings (SSSR count). The number of aromatic amines is 1. The van der Waals surface area contributed by atoms with Crippen molar-refractivity contribution in [1.82, 2.24) is 25.1 Å². The van der Waals surface area contributed by atoms with Gasteiger partial charge in [-0.1, -0.05) is 30.8 Å². The van der Waals surface area contributed by atoms with Crippen LogP contribution in [0.25, 0.3) is 11.1 Å². The van der Waals surface area contributed by atoms with E-state index in [0.717, 1.165) is 36.6 Å². The van der Waals surface area contributed by atoms with Crippen molar-refractivity contribution < 1.29 is 9.21 Å². The number of H-pyrrole nitrogens is 1. The van der Waals surface area contributed by atoms with Crippen molar-refractivity contribution in [1.29, 1.82) is 0 Å². The third kappa shape index (κ3) is 3.39. The summed E-state index contributed by atoms with van der Waals surface area (Å²) in [7, 11) is 0. The molecule has 1 aliphatic rings. The third-order valence-corrected chi connectivity index (χ3v) is 5.65. The smallest absolute Gasteiger partial charge is 0.257 e. The fraction of sp³-hybridized carbons (Fsp3) is 0.412.